The molecule has 3 aliphatic rings. The number of benzene rings is 1. The van der Waals surface area contributed by atoms with Crippen LogP contribution in [0.4, 0.5) is 0 Å². The van der Waals surface area contributed by atoms with Gasteiger partial charge in [0.1, 0.15) is 23.1 Å². The molecule has 1 N–H and O–H groups in total. The van der Waals surface area contributed by atoms with Crippen LogP contribution < -0.4 is 9.47 Å². The highest BCUT2D eigenvalue weighted by Gasteiger charge is 2.44. The van der Waals surface area contributed by atoms with Gasteiger partial charge in [0.25, 0.3) is 0 Å². The summed E-state index contributed by atoms with van der Waals surface area (Å²) >= 11 is 0. The first kappa shape index (κ1) is 21.6. The fourth-order valence-corrected chi connectivity index (χ4v) is 4.83. The molecule has 2 fully saturated rings. The maximum absolute atomic E-state index is 13.0. The predicted molar refractivity (Wildman–Crippen MR) is 112 cm³/mol. The van der Waals surface area contributed by atoms with Crippen LogP contribution >= 0.6 is 0 Å². The summed E-state index contributed by atoms with van der Waals surface area (Å²) in [6.07, 6.45) is 2.13. The van der Waals surface area contributed by atoms with Crippen molar-refractivity contribution in [2.24, 2.45) is 0 Å². The molecule has 2 atom stereocenters. The minimum atomic E-state index is -0.751. The summed E-state index contributed by atoms with van der Waals surface area (Å²) in [6.45, 7) is 3.13. The van der Waals surface area contributed by atoms with Crippen LogP contribution in [-0.4, -0.2) is 77.0 Å². The van der Waals surface area contributed by atoms with Crippen molar-refractivity contribution < 1.29 is 29.0 Å². The van der Waals surface area contributed by atoms with Gasteiger partial charge in [-0.15, -0.1) is 0 Å². The average Bonchev–Trinajstić information content (AvgIpc) is 2.92. The van der Waals surface area contributed by atoms with E-state index in [0.29, 0.717) is 62.4 Å². The third kappa shape index (κ3) is 4.26. The number of hydrogen-bond donors (Lipinski definition) is 1. The number of aliphatic hydroxyl groups excluding tert-OH is 1. The zero-order chi connectivity index (χ0) is 22.2. The van der Waals surface area contributed by atoms with Gasteiger partial charge in [0.2, 0.25) is 11.8 Å². The molecule has 168 valence electrons. The largest absolute Gasteiger partial charge is 0.497 e. The van der Waals surface area contributed by atoms with Gasteiger partial charge >= 0.3 is 0 Å². The molecule has 1 aromatic carbocycles. The van der Waals surface area contributed by atoms with E-state index in [1.54, 1.807) is 42.0 Å². The normalized spacial score (nSPS) is 25.6. The Morgan fingerprint density at radius 2 is 1.97 bits per heavy atom. The first-order valence-corrected chi connectivity index (χ1v) is 11.0. The average molecular weight is 431 g/mol. The Labute approximate surface area is 182 Å². The van der Waals surface area contributed by atoms with E-state index in [1.165, 1.54) is 0 Å². The van der Waals surface area contributed by atoms with Crippen molar-refractivity contribution in [2.75, 3.05) is 26.7 Å². The Balaban J connectivity index is 1.48. The molecule has 1 aromatic rings. The van der Waals surface area contributed by atoms with E-state index in [4.69, 9.17) is 9.47 Å². The van der Waals surface area contributed by atoms with Gasteiger partial charge in [-0.05, 0) is 38.3 Å². The summed E-state index contributed by atoms with van der Waals surface area (Å²) in [4.78, 5) is 42.0. The summed E-state index contributed by atoms with van der Waals surface area (Å²) in [5.74, 6) is 0.920. The van der Waals surface area contributed by atoms with Crippen LogP contribution in [0.25, 0.3) is 0 Å². The van der Waals surface area contributed by atoms with Gasteiger partial charge in [-0.25, -0.2) is 0 Å². The van der Waals surface area contributed by atoms with E-state index >= 15 is 0 Å². The van der Waals surface area contributed by atoms with Gasteiger partial charge in [0.15, 0.2) is 5.78 Å². The molecule has 0 bridgehead atoms. The van der Waals surface area contributed by atoms with Gasteiger partial charge in [-0.2, -0.15) is 0 Å². The molecule has 8 heteroatoms. The Morgan fingerprint density at radius 1 is 1.23 bits per heavy atom. The number of methoxy groups -OCH3 is 1. The highest BCUT2D eigenvalue weighted by molar-refractivity contribution is 6.00. The van der Waals surface area contributed by atoms with Crippen LogP contribution in [0.2, 0.25) is 0 Å². The molecule has 0 saturated carbocycles. The van der Waals surface area contributed by atoms with Gasteiger partial charge in [0.05, 0.1) is 25.2 Å². The number of Topliss-reactive ketones (excluding diaryl/α,β-unsaturated/α-hetero) is 1. The number of ketones is 1. The summed E-state index contributed by atoms with van der Waals surface area (Å²) in [7, 11) is 1.56. The summed E-state index contributed by atoms with van der Waals surface area (Å²) in [5, 5.41) is 9.69. The number of amides is 2. The zero-order valence-corrected chi connectivity index (χ0v) is 18.1. The molecular weight excluding hydrogens is 400 g/mol. The number of likely N-dealkylation sites (tertiary alicyclic amines) is 2. The summed E-state index contributed by atoms with van der Waals surface area (Å²) in [6, 6.07) is 4.59. The number of ether oxygens (including phenoxy) is 2. The Morgan fingerprint density at radius 3 is 2.68 bits per heavy atom. The molecule has 31 heavy (non-hydrogen) atoms. The molecule has 0 radical (unpaired) electrons. The van der Waals surface area contributed by atoms with E-state index in [9.17, 15) is 19.5 Å². The summed E-state index contributed by atoms with van der Waals surface area (Å²) < 4.78 is 11.6. The Hall–Kier alpha value is -2.61. The number of aliphatic hydroxyl groups is 1. The maximum atomic E-state index is 13.0. The fraction of sp³-hybridized carbons (Fsp3) is 0.609. The molecule has 1 spiro atoms. The highest BCUT2D eigenvalue weighted by Crippen LogP contribution is 2.41. The lowest BCUT2D eigenvalue weighted by atomic mass is 9.84. The molecule has 4 rings (SSSR count). The Bertz CT molecular complexity index is 879. The van der Waals surface area contributed by atoms with Crippen LogP contribution in [0.15, 0.2) is 18.2 Å². The lowest BCUT2D eigenvalue weighted by molar-refractivity contribution is -0.146. The zero-order valence-electron chi connectivity index (χ0n) is 18.1. The fourth-order valence-electron chi connectivity index (χ4n) is 4.83. The lowest BCUT2D eigenvalue weighted by Gasteiger charge is -2.38. The van der Waals surface area contributed by atoms with Crippen LogP contribution in [0.1, 0.15) is 55.8 Å². The van der Waals surface area contributed by atoms with Crippen molar-refractivity contribution in [3.05, 3.63) is 23.8 Å². The molecule has 0 unspecified atom stereocenters. The molecular formula is C23H30N2O6. The van der Waals surface area contributed by atoms with E-state index in [0.717, 1.165) is 0 Å². The third-order valence-electron chi connectivity index (χ3n) is 6.82. The number of carbonyl (C=O) groups excluding carboxylic acids is 3. The van der Waals surface area contributed by atoms with Crippen LogP contribution in [-0.2, 0) is 9.59 Å². The Kier molecular flexibility index (Phi) is 5.92. The molecule has 8 nitrogen and oxygen atoms in total. The monoisotopic (exact) mass is 430 g/mol. The standard InChI is InChI=1S/C23H30N2O6/c1-15(22(29)24-10-6-16(26)7-11-24)25-12-9-23(8-5-21(25)28)14-19(27)18-4-3-17(30-2)13-20(18)31-23/h3-4,13,15-16,26H,5-12,14H2,1-2H3/t15-,23-/m1/s1. The van der Waals surface area contributed by atoms with E-state index in [1.807, 2.05) is 0 Å². The third-order valence-corrected chi connectivity index (χ3v) is 6.82. The van der Waals surface area contributed by atoms with Crippen molar-refractivity contribution in [1.29, 1.82) is 0 Å². The van der Waals surface area contributed by atoms with E-state index < -0.39 is 11.6 Å². The molecule has 2 saturated heterocycles. The second kappa shape index (κ2) is 8.49. The molecule has 3 heterocycles. The number of carbonyl (C=O) groups is 3. The number of nitrogens with zero attached hydrogens (tertiary/aromatic N) is 2. The minimum Gasteiger partial charge on any atom is -0.497 e. The minimum absolute atomic E-state index is 0.000742. The first-order chi connectivity index (χ1) is 14.8. The topological polar surface area (TPSA) is 96.4 Å². The van der Waals surface area contributed by atoms with Crippen LogP contribution in [0.3, 0.4) is 0 Å². The van der Waals surface area contributed by atoms with Crippen molar-refractivity contribution in [1.82, 2.24) is 9.80 Å². The van der Waals surface area contributed by atoms with Crippen LogP contribution in [0.5, 0.6) is 11.5 Å². The van der Waals surface area contributed by atoms with Crippen molar-refractivity contribution in [3.8, 4) is 11.5 Å². The first-order valence-electron chi connectivity index (χ1n) is 11.0. The van der Waals surface area contributed by atoms with Crippen LogP contribution in [0, 0.1) is 0 Å². The molecule has 0 aromatic heterocycles. The molecule has 0 aliphatic carbocycles. The highest BCUT2D eigenvalue weighted by atomic mass is 16.5. The smallest absolute Gasteiger partial charge is 0.245 e. The molecule has 2 amide bonds. The lowest BCUT2D eigenvalue weighted by Crippen LogP contribution is -2.52. The second-order valence-electron chi connectivity index (χ2n) is 8.82. The second-order valence-corrected chi connectivity index (χ2v) is 8.82. The number of fused-ring (bicyclic) bond motifs is 1. The molecule has 3 aliphatic heterocycles. The number of piperidine rings is 1. The van der Waals surface area contributed by atoms with Crippen molar-refractivity contribution in [3.63, 3.8) is 0 Å². The van der Waals surface area contributed by atoms with E-state index in [-0.39, 0.29) is 36.5 Å². The SMILES string of the molecule is COc1ccc2c(c1)O[C@@]1(CCC(=O)N([C@H](C)C(=O)N3CCC(O)CC3)CC1)CC2=O. The predicted octanol–water partition coefficient (Wildman–Crippen LogP) is 1.78. The van der Waals surface area contributed by atoms with Gasteiger partial charge in [-0.1, -0.05) is 0 Å². The number of rotatable bonds is 3. The van der Waals surface area contributed by atoms with Crippen molar-refractivity contribution in [2.45, 2.75) is 63.2 Å². The van der Waals surface area contributed by atoms with Gasteiger partial charge in [-0.3, -0.25) is 14.4 Å². The van der Waals surface area contributed by atoms with E-state index in [2.05, 4.69) is 0 Å². The van der Waals surface area contributed by atoms with Crippen molar-refractivity contribution >= 4 is 17.6 Å². The van der Waals surface area contributed by atoms with Gasteiger partial charge < -0.3 is 24.4 Å². The summed E-state index contributed by atoms with van der Waals surface area (Å²) in [5.41, 5.74) is -0.214. The van der Waals surface area contributed by atoms with Gasteiger partial charge in [0, 0.05) is 38.5 Å². The quantitative estimate of drug-likeness (QED) is 0.785. The maximum Gasteiger partial charge on any atom is 0.245 e. The number of hydrogen-bond acceptors (Lipinski definition) is 6.